The first-order valence-electron chi connectivity index (χ1n) is 22.8. The SMILES string of the molecule is C1=CC2C3C=CC(C3)C2C1.CC(=O)N[C@@H]1[C@@H](O)[C@H](O[C@@H]2O[C@H](C(=O)O)[C@@H](O[C@@H]3O[C@H](CO)[C@@H](O[C@H]4O[C@@H](C(=O)O)[C@H](O)[C@@H](O)[C@@H]4OS(=O)(=O)O)[C@H](OS(=O)(=O)O)[C@H]3NS(=O)(=O)O)[C@H](O)[C@H]2OS(=O)(=O)O)[C@H](COS(=O)(=O)O)O[C@H]1O. The van der Waals surface area contributed by atoms with Crippen LogP contribution in [0.5, 0.6) is 0 Å². The van der Waals surface area contributed by atoms with Crippen molar-refractivity contribution < 1.29 is 170 Å². The van der Waals surface area contributed by atoms with E-state index in [2.05, 4.69) is 41.0 Å². The van der Waals surface area contributed by atoms with E-state index in [1.807, 2.05) is 5.32 Å². The lowest BCUT2D eigenvalue weighted by molar-refractivity contribution is -0.366. The highest BCUT2D eigenvalue weighted by Gasteiger charge is 2.60. The van der Waals surface area contributed by atoms with Crippen molar-refractivity contribution in [3.8, 4) is 0 Å². The van der Waals surface area contributed by atoms with Gasteiger partial charge < -0.3 is 79.3 Å². The van der Waals surface area contributed by atoms with Gasteiger partial charge in [-0.1, -0.05) is 24.3 Å². The van der Waals surface area contributed by atoms with Crippen LogP contribution in [0.1, 0.15) is 19.8 Å². The van der Waals surface area contributed by atoms with Gasteiger partial charge in [0.25, 0.3) is 0 Å². The van der Waals surface area contributed by atoms with Crippen LogP contribution in [0.25, 0.3) is 0 Å². The average molecular weight is 1270 g/mol. The summed E-state index contributed by atoms with van der Waals surface area (Å²) in [6.45, 7) is -2.24. The van der Waals surface area contributed by atoms with E-state index >= 15 is 0 Å². The number of aliphatic hydroxyl groups is 6. The van der Waals surface area contributed by atoms with Gasteiger partial charge in [-0.2, -0.15) is 46.8 Å². The number of carboxylic acid groups (broad SMARTS) is 2. The molecule has 1 saturated carbocycles. The van der Waals surface area contributed by atoms with Crippen molar-refractivity contribution in [2.45, 2.75) is 142 Å². The number of carbonyl (C=O) groups is 3. The molecular weight excluding hydrogens is 1210 g/mol. The van der Waals surface area contributed by atoms with Crippen molar-refractivity contribution in [1.82, 2.24) is 10.0 Å². The quantitative estimate of drug-likeness (QED) is 0.0375. The van der Waals surface area contributed by atoms with E-state index in [-0.39, 0.29) is 0 Å². The largest absolute Gasteiger partial charge is 0.479 e. The Hall–Kier alpha value is -3.28. The molecule has 44 heteroatoms. The van der Waals surface area contributed by atoms with Crippen LogP contribution in [0.4, 0.5) is 0 Å². The minimum atomic E-state index is -6.09. The molecule has 7 aliphatic rings. The molecule has 0 radical (unpaired) electrons. The number of rotatable bonds is 21. The number of hydrogen-bond donors (Lipinski definition) is 15. The first-order chi connectivity index (χ1) is 36.8. The number of carboxylic acids is 2. The van der Waals surface area contributed by atoms with Crippen molar-refractivity contribution in [1.29, 1.82) is 0 Å². The van der Waals surface area contributed by atoms with Gasteiger partial charge in [0.15, 0.2) is 49.6 Å². The Morgan fingerprint density at radius 3 is 1.60 bits per heavy atom. The molecule has 0 aromatic rings. The van der Waals surface area contributed by atoms with Crippen molar-refractivity contribution in [3.05, 3.63) is 24.3 Å². The Balaban J connectivity index is 0.000000907. The van der Waals surface area contributed by atoms with Crippen LogP contribution in [0.2, 0.25) is 0 Å². The van der Waals surface area contributed by atoms with Crippen LogP contribution < -0.4 is 10.0 Å². The van der Waals surface area contributed by atoms with Gasteiger partial charge >= 0.3 is 63.8 Å². The van der Waals surface area contributed by atoms with E-state index in [0.717, 1.165) is 30.6 Å². The number of aliphatic carboxylic acids is 2. The molecule has 7 rings (SSSR count). The third-order valence-corrected chi connectivity index (χ3v) is 15.5. The molecule has 4 unspecified atom stereocenters. The molecule has 460 valence electrons. The molecule has 0 spiro atoms. The van der Waals surface area contributed by atoms with E-state index in [1.165, 1.54) is 17.6 Å². The van der Waals surface area contributed by atoms with Crippen molar-refractivity contribution in [3.63, 3.8) is 0 Å². The number of hydrogen-bond acceptors (Lipinski definition) is 30. The monoisotopic (exact) mass is 1270 g/mol. The van der Waals surface area contributed by atoms with E-state index in [9.17, 15) is 116 Å². The summed E-state index contributed by atoms with van der Waals surface area (Å²) < 4.78 is 222. The zero-order valence-electron chi connectivity index (χ0n) is 40.1. The highest BCUT2D eigenvalue weighted by atomic mass is 32.3. The third-order valence-electron chi connectivity index (χ3n) is 13.1. The molecule has 4 heterocycles. The Morgan fingerprint density at radius 2 is 1.09 bits per heavy atom. The predicted octanol–water partition coefficient (Wildman–Crippen LogP) is -8.33. The van der Waals surface area contributed by atoms with Gasteiger partial charge in [0.2, 0.25) is 5.91 Å². The minimum absolute atomic E-state index is 0.840. The normalized spacial score (nSPS) is 41.1. The maximum atomic E-state index is 12.7. The van der Waals surface area contributed by atoms with Gasteiger partial charge in [0.1, 0.15) is 73.1 Å². The average Bonchev–Trinajstić information content (AvgIpc) is 4.07. The van der Waals surface area contributed by atoms with Gasteiger partial charge in [-0.15, -0.1) is 0 Å². The third kappa shape index (κ3) is 16.7. The zero-order chi connectivity index (χ0) is 59.9. The minimum Gasteiger partial charge on any atom is -0.479 e. The van der Waals surface area contributed by atoms with Crippen LogP contribution >= 0.6 is 0 Å². The molecule has 4 aliphatic heterocycles. The molecule has 5 fully saturated rings. The van der Waals surface area contributed by atoms with E-state index in [0.29, 0.717) is 0 Å². The second-order valence-electron chi connectivity index (χ2n) is 18.5. The summed E-state index contributed by atoms with van der Waals surface area (Å²) in [5.74, 6) is -1.67. The maximum absolute atomic E-state index is 12.7. The number of allylic oxidation sites excluding steroid dienone is 4. The van der Waals surface area contributed by atoms with Gasteiger partial charge in [-0.05, 0) is 36.5 Å². The summed E-state index contributed by atoms with van der Waals surface area (Å²) in [4.78, 5) is 36.4. The second-order valence-corrected chi connectivity index (χ2v) is 23.9. The van der Waals surface area contributed by atoms with E-state index < -0.39 is 206 Å². The molecule has 1 amide bonds. The van der Waals surface area contributed by atoms with Crippen LogP contribution in [0, 0.1) is 23.7 Å². The maximum Gasteiger partial charge on any atom is 0.397 e. The number of aliphatic hydroxyl groups excluding tert-OH is 6. The summed E-state index contributed by atoms with van der Waals surface area (Å²) in [5.41, 5.74) is 0. The van der Waals surface area contributed by atoms with Crippen LogP contribution in [0.15, 0.2) is 24.3 Å². The number of nitrogens with one attached hydrogen (secondary N) is 2. The molecule has 3 aliphatic carbocycles. The van der Waals surface area contributed by atoms with Crippen LogP contribution in [-0.2, 0) is 116 Å². The van der Waals surface area contributed by atoms with E-state index in [4.69, 9.17) is 37.7 Å². The van der Waals surface area contributed by atoms with Gasteiger partial charge in [0, 0.05) is 6.92 Å². The second kappa shape index (κ2) is 25.5. The Labute approximate surface area is 451 Å². The van der Waals surface area contributed by atoms with Crippen LogP contribution in [-0.4, -0.2) is 259 Å². The Morgan fingerprint density at radius 1 is 0.562 bits per heavy atom. The molecule has 15 N–H and O–H groups in total. The lowest BCUT2D eigenvalue weighted by Gasteiger charge is -2.50. The highest BCUT2D eigenvalue weighted by molar-refractivity contribution is 7.83. The lowest BCUT2D eigenvalue weighted by atomic mass is 9.86. The van der Waals surface area contributed by atoms with Crippen molar-refractivity contribution in [2.24, 2.45) is 23.7 Å². The number of fused-ring (bicyclic) bond motifs is 5. The molecule has 80 heavy (non-hydrogen) atoms. The van der Waals surface area contributed by atoms with Crippen molar-refractivity contribution >= 4 is 69.7 Å². The smallest absolute Gasteiger partial charge is 0.397 e. The van der Waals surface area contributed by atoms with Gasteiger partial charge in [-0.25, -0.2) is 26.3 Å². The number of ether oxygens (including phenoxy) is 7. The van der Waals surface area contributed by atoms with Crippen LogP contribution in [0.3, 0.4) is 0 Å². The van der Waals surface area contributed by atoms with Gasteiger partial charge in [0.05, 0.1) is 13.2 Å². The van der Waals surface area contributed by atoms with Crippen molar-refractivity contribution in [2.75, 3.05) is 13.2 Å². The highest BCUT2D eigenvalue weighted by Crippen LogP contribution is 2.52. The molecule has 24 atom stereocenters. The molecule has 39 nitrogen and oxygen atoms in total. The zero-order valence-corrected chi connectivity index (χ0v) is 44.2. The fourth-order valence-electron chi connectivity index (χ4n) is 10.0. The summed E-state index contributed by atoms with van der Waals surface area (Å²) in [7, 11) is -29.1. The fraction of sp³-hybridized carbons (Fsp3) is 0.806. The van der Waals surface area contributed by atoms with Gasteiger partial charge in [-0.3, -0.25) is 27.6 Å². The molecule has 4 saturated heterocycles. The standard InChI is InChI=1S/C26H42N2O37S5.C10H12/c1-4(30)27-7-9(31)13(6(56-23(7)39)3-55-67(43,44)45)58-26-19(65-70(52,53)54)12(34)16(20(62-26)22(37)38)60-24-8(28-66(40,41)42)15(63-68(46,47)48)14(5(2-29)57-24)59-25-18(64-69(49,50)51)11(33)10(32)17(61-25)21(35)36;1-2-9-7-4-5-8(6-7)10(9)3-1/h5-20,23-26,28-29,31-34,39H,2-3H2,1H3,(H,27,30)(H,35,36)(H,37,38)(H,40,41,42)(H,43,44,45)(H,46,47,48)(H,49,50,51)(H,52,53,54);1-2,4-5,7-10H,3,6H2/t5-,6+,7-,8-,9-,10-,11-,12+,13-,14-,15-,16+,17-,18+,19-,20+,23-,24+,25+,26-;/m1./s1. The predicted molar refractivity (Wildman–Crippen MR) is 242 cm³/mol. The first kappa shape index (κ1) is 65.9. The summed E-state index contributed by atoms with van der Waals surface area (Å²) in [6, 6.07) is -4.96. The molecule has 0 aromatic heterocycles. The number of carbonyl (C=O) groups excluding carboxylic acids is 1. The summed E-state index contributed by atoms with van der Waals surface area (Å²) in [5, 5.41) is 86.0. The Bertz CT molecular complexity index is 2880. The van der Waals surface area contributed by atoms with E-state index in [1.54, 1.807) is 0 Å². The molecule has 2 bridgehead atoms. The topological polar surface area (TPSA) is 610 Å². The Kier molecular flexibility index (Phi) is 21.0. The number of amides is 1. The molecular formula is C36H54N2O37S5. The summed E-state index contributed by atoms with van der Waals surface area (Å²) >= 11 is 0. The first-order valence-corrected chi connectivity index (χ1v) is 29.7. The lowest BCUT2D eigenvalue weighted by Crippen LogP contribution is -2.71. The molecule has 0 aromatic carbocycles. The summed E-state index contributed by atoms with van der Waals surface area (Å²) in [6.07, 6.45) is -36.6. The fourth-order valence-corrected chi connectivity index (χ4v) is 12.4.